The molecule has 1 fully saturated rings. The number of carbonyl (C=O) groups excluding carboxylic acids is 1. The number of aliphatic carboxylic acids is 1. The maximum absolute atomic E-state index is 12.0. The number of hydroxylamine groups is 2. The van der Waals surface area contributed by atoms with Gasteiger partial charge >= 0.3 is 11.9 Å². The lowest BCUT2D eigenvalue weighted by Gasteiger charge is -2.50. The summed E-state index contributed by atoms with van der Waals surface area (Å²) in [6, 6.07) is 0. The molecule has 1 heterocycles. The second kappa shape index (κ2) is 8.78. The molecule has 1 saturated heterocycles. The van der Waals surface area contributed by atoms with Crippen LogP contribution in [0.25, 0.3) is 0 Å². The van der Waals surface area contributed by atoms with Crippen LogP contribution in [-0.2, 0) is 14.3 Å². The minimum absolute atomic E-state index is 0.231. The fourth-order valence-electron chi connectivity index (χ4n) is 3.42. The maximum atomic E-state index is 12.0. The van der Waals surface area contributed by atoms with Crippen molar-refractivity contribution >= 4 is 11.9 Å². The Labute approximate surface area is 149 Å². The molecule has 0 aromatic rings. The molecule has 1 atom stereocenters. The number of esters is 1. The van der Waals surface area contributed by atoms with Crippen LogP contribution in [-0.4, -0.2) is 55.7 Å². The summed E-state index contributed by atoms with van der Waals surface area (Å²) in [6.07, 6.45) is 4.07. The third-order valence-electron chi connectivity index (χ3n) is 4.49. The Bertz CT molecular complexity index is 482. The first-order valence-electron chi connectivity index (χ1n) is 8.72. The van der Waals surface area contributed by atoms with Gasteiger partial charge in [0.2, 0.25) is 0 Å². The van der Waals surface area contributed by atoms with Crippen molar-refractivity contribution < 1.29 is 29.7 Å². The summed E-state index contributed by atoms with van der Waals surface area (Å²) < 4.78 is 5.57. The number of hydrogen-bond acceptors (Lipinski definition) is 6. The quantitative estimate of drug-likeness (QED) is 0.348. The van der Waals surface area contributed by atoms with E-state index in [1.165, 1.54) is 11.1 Å². The fourth-order valence-corrected chi connectivity index (χ4v) is 3.42. The van der Waals surface area contributed by atoms with Gasteiger partial charge in [0.1, 0.15) is 6.10 Å². The zero-order chi connectivity index (χ0) is 19.3. The fraction of sp³-hybridized carbons (Fsp3) is 0.778. The molecule has 144 valence electrons. The molecule has 0 bridgehead atoms. The number of aliphatic hydroxyl groups is 1. The van der Waals surface area contributed by atoms with E-state index >= 15 is 0 Å². The molecule has 3 N–H and O–H groups in total. The first-order chi connectivity index (χ1) is 11.4. The molecule has 1 aliphatic heterocycles. The number of carboxylic acids is 1. The molecule has 25 heavy (non-hydrogen) atoms. The molecule has 7 nitrogen and oxygen atoms in total. The van der Waals surface area contributed by atoms with Crippen LogP contribution in [0.3, 0.4) is 0 Å². The summed E-state index contributed by atoms with van der Waals surface area (Å²) in [5.41, 5.74) is -0.930. The predicted molar refractivity (Wildman–Crippen MR) is 92.1 cm³/mol. The van der Waals surface area contributed by atoms with Crippen LogP contribution in [0.2, 0.25) is 0 Å². The Morgan fingerprint density at radius 1 is 1.20 bits per heavy atom. The van der Waals surface area contributed by atoms with Crippen LogP contribution < -0.4 is 0 Å². The van der Waals surface area contributed by atoms with Gasteiger partial charge in [-0.1, -0.05) is 0 Å². The number of carbonyl (C=O) groups is 2. The Kier molecular flexibility index (Phi) is 7.59. The summed E-state index contributed by atoms with van der Waals surface area (Å²) in [6.45, 7) is 7.67. The number of aliphatic hydroxyl groups excluding tert-OH is 1. The number of unbranched alkanes of at least 4 members (excludes halogenated alkanes) is 1. The van der Waals surface area contributed by atoms with Gasteiger partial charge in [0, 0.05) is 36.4 Å². The normalized spacial score (nSPS) is 22.0. The van der Waals surface area contributed by atoms with Gasteiger partial charge in [-0.05, 0) is 53.0 Å². The third kappa shape index (κ3) is 7.13. The predicted octanol–water partition coefficient (Wildman–Crippen LogP) is 2.50. The van der Waals surface area contributed by atoms with Crippen LogP contribution in [0.4, 0.5) is 0 Å². The lowest BCUT2D eigenvalue weighted by Crippen LogP contribution is -2.60. The molecule has 7 heteroatoms. The number of hydrogen-bond donors (Lipinski definition) is 3. The van der Waals surface area contributed by atoms with Crippen LogP contribution >= 0.6 is 0 Å². The first kappa shape index (κ1) is 21.6. The Balaban J connectivity index is 2.34. The van der Waals surface area contributed by atoms with Crippen molar-refractivity contribution in [2.45, 2.75) is 89.5 Å². The molecule has 0 amide bonds. The number of nitrogens with zero attached hydrogens (tertiary/aromatic N) is 1. The number of rotatable bonds is 8. The summed E-state index contributed by atoms with van der Waals surface area (Å²) in [7, 11) is 0. The van der Waals surface area contributed by atoms with Crippen molar-refractivity contribution in [3.05, 3.63) is 12.2 Å². The lowest BCUT2D eigenvalue weighted by molar-refractivity contribution is -0.259. The third-order valence-corrected chi connectivity index (χ3v) is 4.49. The van der Waals surface area contributed by atoms with Crippen molar-refractivity contribution in [3.63, 3.8) is 0 Å². The second-order valence-corrected chi connectivity index (χ2v) is 7.97. The highest BCUT2D eigenvalue weighted by Gasteiger charge is 2.46. The molecule has 0 aromatic carbocycles. The lowest BCUT2D eigenvalue weighted by atomic mass is 9.80. The highest BCUT2D eigenvalue weighted by molar-refractivity contribution is 5.79. The molecule has 0 aromatic heterocycles. The van der Waals surface area contributed by atoms with Crippen molar-refractivity contribution in [1.29, 1.82) is 0 Å². The van der Waals surface area contributed by atoms with Crippen molar-refractivity contribution in [1.82, 2.24) is 5.06 Å². The molecule has 0 spiro atoms. The molecule has 1 aliphatic rings. The van der Waals surface area contributed by atoms with Crippen LogP contribution in [0.15, 0.2) is 12.2 Å². The van der Waals surface area contributed by atoms with Crippen LogP contribution in [0.1, 0.15) is 66.2 Å². The first-order valence-corrected chi connectivity index (χ1v) is 8.72. The molecular formula is C18H31NO6. The van der Waals surface area contributed by atoms with Gasteiger partial charge in [0.15, 0.2) is 0 Å². The van der Waals surface area contributed by atoms with Gasteiger partial charge in [-0.25, -0.2) is 4.79 Å². The Morgan fingerprint density at radius 2 is 1.76 bits per heavy atom. The van der Waals surface area contributed by atoms with E-state index in [1.807, 2.05) is 27.7 Å². The van der Waals surface area contributed by atoms with E-state index in [-0.39, 0.29) is 18.5 Å². The Hall–Kier alpha value is -1.44. The second-order valence-electron chi connectivity index (χ2n) is 7.97. The maximum Gasteiger partial charge on any atom is 0.328 e. The number of ether oxygens (including phenoxy) is 1. The highest BCUT2D eigenvalue weighted by atomic mass is 16.5. The molecule has 0 saturated carbocycles. The largest absolute Gasteiger partial charge is 0.478 e. The standard InChI is InChI=1S/C18H31NO6/c1-17(2)11-14(12-18(3,4)19(17)24)25-16(23)8-6-5-7-13(20)9-10-15(21)22/h9-10,13-14,20,24H,5-8,11-12H2,1-4H3,(H,21,22)/b10-9+. The van der Waals surface area contributed by atoms with Crippen molar-refractivity contribution in [3.8, 4) is 0 Å². The SMILES string of the molecule is CC1(C)CC(OC(=O)CCCCC(O)/C=C/C(=O)O)CC(C)(C)N1O. The summed E-state index contributed by atoms with van der Waals surface area (Å²) in [5.74, 6) is -1.37. The van der Waals surface area contributed by atoms with E-state index < -0.39 is 23.2 Å². The van der Waals surface area contributed by atoms with Gasteiger partial charge in [-0.3, -0.25) is 4.79 Å². The van der Waals surface area contributed by atoms with Gasteiger partial charge in [0.05, 0.1) is 6.10 Å². The minimum atomic E-state index is -1.09. The highest BCUT2D eigenvalue weighted by Crippen LogP contribution is 2.38. The van der Waals surface area contributed by atoms with E-state index in [9.17, 15) is 19.9 Å². The molecule has 0 radical (unpaired) electrons. The Morgan fingerprint density at radius 3 is 2.28 bits per heavy atom. The molecule has 1 unspecified atom stereocenters. The summed E-state index contributed by atoms with van der Waals surface area (Å²) in [4.78, 5) is 22.4. The summed E-state index contributed by atoms with van der Waals surface area (Å²) in [5, 5.41) is 29.6. The number of piperidine rings is 1. The topological polar surface area (TPSA) is 107 Å². The summed E-state index contributed by atoms with van der Waals surface area (Å²) >= 11 is 0. The van der Waals surface area contributed by atoms with Gasteiger partial charge in [-0.2, -0.15) is 5.06 Å². The molecule has 1 rings (SSSR count). The van der Waals surface area contributed by atoms with Crippen LogP contribution in [0.5, 0.6) is 0 Å². The van der Waals surface area contributed by atoms with Gasteiger partial charge < -0.3 is 20.2 Å². The minimum Gasteiger partial charge on any atom is -0.478 e. The monoisotopic (exact) mass is 357 g/mol. The number of carboxylic acid groups (broad SMARTS) is 1. The molecule has 0 aliphatic carbocycles. The van der Waals surface area contributed by atoms with Crippen molar-refractivity contribution in [2.75, 3.05) is 0 Å². The van der Waals surface area contributed by atoms with Crippen molar-refractivity contribution in [2.24, 2.45) is 0 Å². The van der Waals surface area contributed by atoms with Gasteiger partial charge in [0.25, 0.3) is 0 Å². The van der Waals surface area contributed by atoms with Gasteiger partial charge in [-0.15, -0.1) is 0 Å². The smallest absolute Gasteiger partial charge is 0.328 e. The van der Waals surface area contributed by atoms with E-state index in [0.717, 1.165) is 6.08 Å². The van der Waals surface area contributed by atoms with E-state index in [0.29, 0.717) is 32.1 Å². The average molecular weight is 357 g/mol. The zero-order valence-electron chi connectivity index (χ0n) is 15.6. The molecular weight excluding hydrogens is 326 g/mol. The van der Waals surface area contributed by atoms with Crippen LogP contribution in [0, 0.1) is 0 Å². The average Bonchev–Trinajstić information content (AvgIpc) is 2.46. The van der Waals surface area contributed by atoms with E-state index in [1.54, 1.807) is 0 Å². The van der Waals surface area contributed by atoms with E-state index in [4.69, 9.17) is 9.84 Å². The van der Waals surface area contributed by atoms with E-state index in [2.05, 4.69) is 0 Å². The zero-order valence-corrected chi connectivity index (χ0v) is 15.6.